The maximum atomic E-state index is 11.3. The molecule has 270 valence electrons. The number of rotatable bonds is 21. The Bertz CT molecular complexity index is 1640. The number of hydrogen-bond donors (Lipinski definition) is 6. The standard InChI is InChI=1S/C28H31N11O12/c40-22(41)11-34(12-23(42)43)8-17-1-4-37(31-17)20-7-21(38-5-2-18(32-38)9-35(13-24(44)45)14-25(46)47)30-28(29-20)39-6-3-19(33-39)10-36(15-26(48)49)16-27(50)51/h1-7H,8-16H2,(H,40,41)(H,42,43)(H,44,45)(H,46,47)(H,48,49)(H,50,51). The molecule has 0 amide bonds. The molecule has 0 saturated heterocycles. The Kier molecular flexibility index (Phi) is 12.2. The van der Waals surface area contributed by atoms with Gasteiger partial charge in [-0.15, -0.1) is 0 Å². The van der Waals surface area contributed by atoms with Crippen molar-refractivity contribution in [1.82, 2.24) is 54.0 Å². The lowest BCUT2D eigenvalue weighted by molar-refractivity contribution is -0.144. The zero-order chi connectivity index (χ0) is 37.2. The molecule has 23 heteroatoms. The van der Waals surface area contributed by atoms with E-state index < -0.39 is 75.1 Å². The lowest BCUT2D eigenvalue weighted by Gasteiger charge is -2.16. The normalized spacial score (nSPS) is 11.4. The molecule has 0 atom stereocenters. The van der Waals surface area contributed by atoms with Crippen molar-refractivity contribution in [1.29, 1.82) is 0 Å². The maximum absolute atomic E-state index is 11.3. The molecule has 4 rings (SSSR count). The molecule has 0 aliphatic heterocycles. The summed E-state index contributed by atoms with van der Waals surface area (Å²) in [5, 5.41) is 68.3. The lowest BCUT2D eigenvalue weighted by Crippen LogP contribution is -2.34. The van der Waals surface area contributed by atoms with Crippen LogP contribution < -0.4 is 0 Å². The summed E-state index contributed by atoms with van der Waals surface area (Å²) in [6, 6.07) is 6.01. The molecule has 0 aliphatic rings. The molecule has 0 aromatic carbocycles. The summed E-state index contributed by atoms with van der Waals surface area (Å²) in [5.41, 5.74) is 0.886. The highest BCUT2D eigenvalue weighted by Crippen LogP contribution is 2.16. The summed E-state index contributed by atoms with van der Waals surface area (Å²) in [5.74, 6) is -7.20. The first-order valence-electron chi connectivity index (χ1n) is 14.6. The predicted octanol–water partition coefficient (Wildman–Crippen LogP) is -2.05. The van der Waals surface area contributed by atoms with Gasteiger partial charge < -0.3 is 30.6 Å². The van der Waals surface area contributed by atoms with Crippen LogP contribution in [-0.2, 0) is 48.4 Å². The van der Waals surface area contributed by atoms with Gasteiger partial charge in [-0.25, -0.2) is 14.0 Å². The van der Waals surface area contributed by atoms with Gasteiger partial charge in [0.05, 0.1) is 56.4 Å². The minimum atomic E-state index is -1.24. The van der Waals surface area contributed by atoms with Crippen molar-refractivity contribution in [3.05, 3.63) is 59.9 Å². The van der Waals surface area contributed by atoms with Gasteiger partial charge in [0.15, 0.2) is 11.6 Å². The smallest absolute Gasteiger partial charge is 0.317 e. The zero-order valence-corrected chi connectivity index (χ0v) is 26.5. The quantitative estimate of drug-likeness (QED) is 0.0541. The third-order valence-corrected chi connectivity index (χ3v) is 6.60. The molecule has 4 aromatic rings. The highest BCUT2D eigenvalue weighted by Gasteiger charge is 2.20. The topological polar surface area (TPSA) is 313 Å². The van der Waals surface area contributed by atoms with Crippen LogP contribution in [0.2, 0.25) is 0 Å². The Labute approximate surface area is 285 Å². The molecule has 0 fully saturated rings. The fourth-order valence-electron chi connectivity index (χ4n) is 4.79. The van der Waals surface area contributed by atoms with Crippen molar-refractivity contribution in [3.8, 4) is 17.6 Å². The third-order valence-electron chi connectivity index (χ3n) is 6.60. The highest BCUT2D eigenvalue weighted by molar-refractivity contribution is 5.73. The average molecular weight is 714 g/mol. The molecule has 0 unspecified atom stereocenters. The van der Waals surface area contributed by atoms with Gasteiger partial charge in [0.2, 0.25) is 0 Å². The van der Waals surface area contributed by atoms with Gasteiger partial charge in [0.25, 0.3) is 5.95 Å². The minimum Gasteiger partial charge on any atom is -0.480 e. The van der Waals surface area contributed by atoms with Crippen LogP contribution in [0, 0.1) is 0 Å². The average Bonchev–Trinajstić information content (AvgIpc) is 3.77. The largest absolute Gasteiger partial charge is 0.480 e. The molecule has 0 bridgehead atoms. The van der Waals surface area contributed by atoms with E-state index in [-0.39, 0.29) is 42.9 Å². The number of aromatic nitrogens is 8. The molecular weight excluding hydrogens is 682 g/mol. The van der Waals surface area contributed by atoms with E-state index >= 15 is 0 Å². The predicted molar refractivity (Wildman–Crippen MR) is 165 cm³/mol. The van der Waals surface area contributed by atoms with Crippen LogP contribution >= 0.6 is 0 Å². The van der Waals surface area contributed by atoms with Crippen LogP contribution in [-0.4, -0.2) is 160 Å². The van der Waals surface area contributed by atoms with Crippen LogP contribution in [0.3, 0.4) is 0 Å². The fourth-order valence-corrected chi connectivity index (χ4v) is 4.79. The van der Waals surface area contributed by atoms with Crippen molar-refractivity contribution in [3.63, 3.8) is 0 Å². The Morgan fingerprint density at radius 3 is 1.04 bits per heavy atom. The summed E-state index contributed by atoms with van der Waals surface area (Å²) in [6.45, 7) is -3.77. The minimum absolute atomic E-state index is 0.0531. The molecule has 0 aliphatic carbocycles. The van der Waals surface area contributed by atoms with E-state index in [1.807, 2.05) is 0 Å². The third kappa shape index (κ3) is 11.5. The zero-order valence-electron chi connectivity index (χ0n) is 26.5. The number of carbonyl (C=O) groups is 6. The van der Waals surface area contributed by atoms with Crippen LogP contribution in [0.1, 0.15) is 17.1 Å². The van der Waals surface area contributed by atoms with Crippen LogP contribution in [0.25, 0.3) is 17.6 Å². The number of carboxylic acids is 6. The van der Waals surface area contributed by atoms with Crippen LogP contribution in [0.15, 0.2) is 42.9 Å². The van der Waals surface area contributed by atoms with Crippen molar-refractivity contribution in [2.45, 2.75) is 19.6 Å². The first-order chi connectivity index (χ1) is 24.1. The fraction of sp³-hybridized carbons (Fsp3) is 0.321. The van der Waals surface area contributed by atoms with E-state index in [4.69, 9.17) is 0 Å². The van der Waals surface area contributed by atoms with E-state index in [1.54, 1.807) is 0 Å². The van der Waals surface area contributed by atoms with Gasteiger partial charge in [-0.2, -0.15) is 25.3 Å². The summed E-state index contributed by atoms with van der Waals surface area (Å²) in [4.78, 5) is 80.0. The molecule has 23 nitrogen and oxygen atoms in total. The summed E-state index contributed by atoms with van der Waals surface area (Å²) in [7, 11) is 0. The Balaban J connectivity index is 1.70. The first-order valence-corrected chi connectivity index (χ1v) is 14.6. The molecular formula is C28H31N11O12. The second-order valence-electron chi connectivity index (χ2n) is 10.9. The van der Waals surface area contributed by atoms with E-state index in [0.717, 1.165) is 14.7 Å². The molecule has 0 radical (unpaired) electrons. The Morgan fingerprint density at radius 1 is 0.471 bits per heavy atom. The first kappa shape index (κ1) is 37.2. The number of aliphatic carboxylic acids is 6. The molecule has 0 spiro atoms. The summed E-state index contributed by atoms with van der Waals surface area (Å²) < 4.78 is 3.85. The van der Waals surface area contributed by atoms with Crippen molar-refractivity contribution >= 4 is 35.8 Å². The lowest BCUT2D eigenvalue weighted by atomic mass is 10.3. The molecule has 0 saturated carbocycles. The maximum Gasteiger partial charge on any atom is 0.317 e. The van der Waals surface area contributed by atoms with Gasteiger partial charge >= 0.3 is 35.8 Å². The van der Waals surface area contributed by atoms with Gasteiger partial charge in [-0.05, 0) is 18.2 Å². The Morgan fingerprint density at radius 2 is 0.745 bits per heavy atom. The van der Waals surface area contributed by atoms with E-state index in [1.165, 1.54) is 56.9 Å². The van der Waals surface area contributed by atoms with Crippen molar-refractivity contribution in [2.75, 3.05) is 39.3 Å². The second kappa shape index (κ2) is 16.7. The second-order valence-corrected chi connectivity index (χ2v) is 10.9. The number of carboxylic acid groups (broad SMARTS) is 6. The highest BCUT2D eigenvalue weighted by atomic mass is 16.4. The monoisotopic (exact) mass is 713 g/mol. The van der Waals surface area contributed by atoms with Crippen molar-refractivity contribution in [2.24, 2.45) is 0 Å². The summed E-state index contributed by atoms with van der Waals surface area (Å²) in [6.07, 6.45) is 4.42. The number of nitrogens with zero attached hydrogens (tertiary/aromatic N) is 11. The van der Waals surface area contributed by atoms with Gasteiger partial charge in [0.1, 0.15) is 0 Å². The van der Waals surface area contributed by atoms with Crippen molar-refractivity contribution < 1.29 is 59.4 Å². The number of hydrogen-bond acceptors (Lipinski definition) is 14. The van der Waals surface area contributed by atoms with Gasteiger partial charge in [-0.3, -0.25) is 43.5 Å². The van der Waals surface area contributed by atoms with Gasteiger partial charge in [-0.1, -0.05) is 0 Å². The molecule has 4 heterocycles. The van der Waals surface area contributed by atoms with Crippen LogP contribution in [0.5, 0.6) is 0 Å². The molecule has 51 heavy (non-hydrogen) atoms. The van der Waals surface area contributed by atoms with E-state index in [2.05, 4.69) is 25.3 Å². The Hall–Kier alpha value is -6.59. The SMILES string of the molecule is O=C(O)CN(CC(=O)O)Cc1ccn(-c2cc(-n3ccc(CN(CC(=O)O)CC(=O)O)n3)nc(-n3ccc(CN(CC(=O)O)CC(=O)O)n3)n2)n1. The van der Waals surface area contributed by atoms with E-state index in [0.29, 0.717) is 11.4 Å². The molecule has 4 aromatic heterocycles. The summed E-state index contributed by atoms with van der Waals surface area (Å²) >= 11 is 0. The van der Waals surface area contributed by atoms with E-state index in [9.17, 15) is 59.4 Å². The van der Waals surface area contributed by atoms with Gasteiger partial charge in [0, 0.05) is 44.3 Å². The van der Waals surface area contributed by atoms with Crippen LogP contribution in [0.4, 0.5) is 0 Å². The molecule has 6 N–H and O–H groups in total.